The summed E-state index contributed by atoms with van der Waals surface area (Å²) in [6.07, 6.45) is 4.25. The maximum absolute atomic E-state index is 3.40. The number of hydrogen-bond donors (Lipinski definition) is 1. The summed E-state index contributed by atoms with van der Waals surface area (Å²) in [5.74, 6) is 0. The van der Waals surface area contributed by atoms with Crippen LogP contribution in [0.4, 0.5) is 0 Å². The second-order valence-corrected chi connectivity index (χ2v) is 3.81. The van der Waals surface area contributed by atoms with Gasteiger partial charge in [0.1, 0.15) is 0 Å². The minimum absolute atomic E-state index is 0.655. The van der Waals surface area contributed by atoms with Gasteiger partial charge >= 0.3 is 0 Å². The Balaban J connectivity index is 1.92. The molecule has 1 heterocycles. The highest BCUT2D eigenvalue weighted by Crippen LogP contribution is 2.44. The molecule has 0 aromatic rings. The lowest BCUT2D eigenvalue weighted by Crippen LogP contribution is -2.49. The summed E-state index contributed by atoms with van der Waals surface area (Å²) in [6.45, 7) is 7.26. The highest BCUT2D eigenvalue weighted by Gasteiger charge is 2.45. The van der Waals surface area contributed by atoms with Crippen molar-refractivity contribution in [3.8, 4) is 0 Å². The van der Waals surface area contributed by atoms with Crippen LogP contribution in [0.2, 0.25) is 0 Å². The molecular formula is C9H18N2. The molecule has 11 heavy (non-hydrogen) atoms. The molecule has 0 aromatic heterocycles. The van der Waals surface area contributed by atoms with E-state index in [1.807, 2.05) is 0 Å². The predicted octanol–water partition coefficient (Wildman–Crippen LogP) is 0.834. The topological polar surface area (TPSA) is 15.3 Å². The van der Waals surface area contributed by atoms with Crippen LogP contribution in [-0.4, -0.2) is 36.6 Å². The summed E-state index contributed by atoms with van der Waals surface area (Å²) in [4.78, 5) is 2.68. The minimum atomic E-state index is 0.655. The predicted molar refractivity (Wildman–Crippen MR) is 46.7 cm³/mol. The fourth-order valence-electron chi connectivity index (χ4n) is 2.18. The molecule has 2 heteroatoms. The lowest BCUT2D eigenvalue weighted by Gasteiger charge is -2.34. The third-order valence-electron chi connectivity index (χ3n) is 3.27. The minimum Gasteiger partial charge on any atom is -0.314 e. The van der Waals surface area contributed by atoms with Crippen molar-refractivity contribution < 1.29 is 0 Å². The van der Waals surface area contributed by atoms with Crippen LogP contribution in [0.1, 0.15) is 26.2 Å². The van der Waals surface area contributed by atoms with Gasteiger partial charge in [-0.15, -0.1) is 0 Å². The Hall–Kier alpha value is -0.0800. The lowest BCUT2D eigenvalue weighted by molar-refractivity contribution is 0.151. The summed E-state index contributed by atoms with van der Waals surface area (Å²) in [5.41, 5.74) is 0.655. The fraction of sp³-hybridized carbons (Fsp3) is 1.00. The van der Waals surface area contributed by atoms with Crippen LogP contribution in [0.5, 0.6) is 0 Å². The van der Waals surface area contributed by atoms with E-state index in [1.54, 1.807) is 0 Å². The molecule has 0 aromatic carbocycles. The van der Waals surface area contributed by atoms with Gasteiger partial charge in [0.25, 0.3) is 0 Å². The standard InChI is InChI=1S/C9H18N2/c1-2-9(3-4-9)11-7-5-10-6-8-11/h10H,2-8H2,1H3. The zero-order valence-electron chi connectivity index (χ0n) is 7.40. The van der Waals surface area contributed by atoms with E-state index in [2.05, 4.69) is 17.1 Å². The van der Waals surface area contributed by atoms with Crippen LogP contribution in [0.3, 0.4) is 0 Å². The van der Waals surface area contributed by atoms with Crippen molar-refractivity contribution in [1.29, 1.82) is 0 Å². The molecule has 1 aliphatic heterocycles. The van der Waals surface area contributed by atoms with Gasteiger partial charge in [-0.2, -0.15) is 0 Å². The summed E-state index contributed by atoms with van der Waals surface area (Å²) in [7, 11) is 0. The second kappa shape index (κ2) is 2.76. The Morgan fingerprint density at radius 3 is 2.36 bits per heavy atom. The van der Waals surface area contributed by atoms with Gasteiger partial charge in [0.2, 0.25) is 0 Å². The molecule has 2 nitrogen and oxygen atoms in total. The van der Waals surface area contributed by atoms with E-state index >= 15 is 0 Å². The first-order valence-electron chi connectivity index (χ1n) is 4.83. The molecule has 2 fully saturated rings. The van der Waals surface area contributed by atoms with E-state index in [9.17, 15) is 0 Å². The van der Waals surface area contributed by atoms with Gasteiger partial charge in [0.15, 0.2) is 0 Å². The molecule has 0 spiro atoms. The van der Waals surface area contributed by atoms with Gasteiger partial charge in [-0.25, -0.2) is 0 Å². The van der Waals surface area contributed by atoms with E-state index in [0.717, 1.165) is 0 Å². The van der Waals surface area contributed by atoms with E-state index in [0.29, 0.717) is 5.54 Å². The number of rotatable bonds is 2. The van der Waals surface area contributed by atoms with Crippen LogP contribution < -0.4 is 5.32 Å². The van der Waals surface area contributed by atoms with Gasteiger partial charge < -0.3 is 5.32 Å². The number of piperazine rings is 1. The van der Waals surface area contributed by atoms with Crippen molar-refractivity contribution in [1.82, 2.24) is 10.2 Å². The van der Waals surface area contributed by atoms with Gasteiger partial charge in [-0.05, 0) is 19.3 Å². The number of hydrogen-bond acceptors (Lipinski definition) is 2. The van der Waals surface area contributed by atoms with Crippen molar-refractivity contribution in [3.63, 3.8) is 0 Å². The molecule has 1 saturated carbocycles. The molecule has 1 saturated heterocycles. The van der Waals surface area contributed by atoms with Crippen molar-refractivity contribution >= 4 is 0 Å². The maximum Gasteiger partial charge on any atom is 0.0209 e. The monoisotopic (exact) mass is 154 g/mol. The van der Waals surface area contributed by atoms with Crippen LogP contribution in [0.25, 0.3) is 0 Å². The normalized spacial score (nSPS) is 30.3. The molecule has 0 unspecified atom stereocenters. The Bertz CT molecular complexity index is 134. The van der Waals surface area contributed by atoms with Crippen LogP contribution in [0.15, 0.2) is 0 Å². The SMILES string of the molecule is CCC1(N2CCNCC2)CC1. The molecule has 0 atom stereocenters. The van der Waals surface area contributed by atoms with Gasteiger partial charge in [-0.3, -0.25) is 4.90 Å². The molecule has 0 radical (unpaired) electrons. The molecule has 64 valence electrons. The van der Waals surface area contributed by atoms with Gasteiger partial charge in [0.05, 0.1) is 0 Å². The van der Waals surface area contributed by atoms with Crippen LogP contribution >= 0.6 is 0 Å². The quantitative estimate of drug-likeness (QED) is 0.634. The Morgan fingerprint density at radius 2 is 1.91 bits per heavy atom. The maximum atomic E-state index is 3.40. The zero-order chi connectivity index (χ0) is 7.73. The lowest BCUT2D eigenvalue weighted by atomic mass is 10.1. The molecule has 2 aliphatic rings. The molecular weight excluding hydrogens is 136 g/mol. The Labute approximate surface area is 69.0 Å². The summed E-state index contributed by atoms with van der Waals surface area (Å²) in [6, 6.07) is 0. The molecule has 1 aliphatic carbocycles. The summed E-state index contributed by atoms with van der Waals surface area (Å²) in [5, 5.41) is 3.40. The smallest absolute Gasteiger partial charge is 0.0209 e. The Morgan fingerprint density at radius 1 is 1.27 bits per heavy atom. The van der Waals surface area contributed by atoms with Crippen molar-refractivity contribution in [2.75, 3.05) is 26.2 Å². The Kier molecular flexibility index (Phi) is 1.90. The van der Waals surface area contributed by atoms with Crippen LogP contribution in [0, 0.1) is 0 Å². The average molecular weight is 154 g/mol. The number of nitrogens with zero attached hydrogens (tertiary/aromatic N) is 1. The van der Waals surface area contributed by atoms with Crippen molar-refractivity contribution in [2.24, 2.45) is 0 Å². The summed E-state index contributed by atoms with van der Waals surface area (Å²) >= 11 is 0. The first-order valence-corrected chi connectivity index (χ1v) is 4.83. The highest BCUT2D eigenvalue weighted by molar-refractivity contribution is 5.03. The third-order valence-corrected chi connectivity index (χ3v) is 3.27. The first-order chi connectivity index (χ1) is 5.37. The number of nitrogens with one attached hydrogen (secondary N) is 1. The van der Waals surface area contributed by atoms with E-state index < -0.39 is 0 Å². The highest BCUT2D eigenvalue weighted by atomic mass is 15.3. The molecule has 1 N–H and O–H groups in total. The third kappa shape index (κ3) is 1.30. The van der Waals surface area contributed by atoms with E-state index in [-0.39, 0.29) is 0 Å². The largest absolute Gasteiger partial charge is 0.314 e. The van der Waals surface area contributed by atoms with Gasteiger partial charge in [0, 0.05) is 31.7 Å². The second-order valence-electron chi connectivity index (χ2n) is 3.81. The molecule has 2 rings (SSSR count). The van der Waals surface area contributed by atoms with Gasteiger partial charge in [-0.1, -0.05) is 6.92 Å². The van der Waals surface area contributed by atoms with Crippen LogP contribution in [-0.2, 0) is 0 Å². The zero-order valence-corrected chi connectivity index (χ0v) is 7.40. The van der Waals surface area contributed by atoms with Crippen molar-refractivity contribution in [2.45, 2.75) is 31.7 Å². The average Bonchev–Trinajstić information content (AvgIpc) is 2.86. The fourth-order valence-corrected chi connectivity index (χ4v) is 2.18. The molecule has 0 amide bonds. The first kappa shape index (κ1) is 7.56. The summed E-state index contributed by atoms with van der Waals surface area (Å²) < 4.78 is 0. The molecule has 0 bridgehead atoms. The van der Waals surface area contributed by atoms with Crippen molar-refractivity contribution in [3.05, 3.63) is 0 Å². The van der Waals surface area contributed by atoms with E-state index in [4.69, 9.17) is 0 Å². The van der Waals surface area contributed by atoms with E-state index in [1.165, 1.54) is 45.4 Å².